The van der Waals surface area contributed by atoms with Crippen molar-refractivity contribution in [2.45, 2.75) is 37.0 Å². The second kappa shape index (κ2) is 2.83. The Morgan fingerprint density at radius 3 is 2.50 bits per heavy atom. The maximum absolute atomic E-state index is 5.89. The summed E-state index contributed by atoms with van der Waals surface area (Å²) in [7, 11) is 0. The first-order chi connectivity index (χ1) is 6.86. The molecule has 0 saturated heterocycles. The quantitative estimate of drug-likeness (QED) is 0.773. The average Bonchev–Trinajstić information content (AvgIpc) is 3.12. The number of hydrogen-bond donors (Lipinski definition) is 1. The highest BCUT2D eigenvalue weighted by atomic mass is 14.7. The lowest BCUT2D eigenvalue weighted by molar-refractivity contribution is 0.694. The molecule has 0 unspecified atom stereocenters. The Kier molecular flexibility index (Phi) is 1.72. The Morgan fingerprint density at radius 1 is 1.21 bits per heavy atom. The van der Waals surface area contributed by atoms with E-state index >= 15 is 0 Å². The molecule has 0 heterocycles. The molecule has 0 bridgehead atoms. The van der Waals surface area contributed by atoms with Crippen molar-refractivity contribution in [2.24, 2.45) is 5.73 Å². The van der Waals surface area contributed by atoms with E-state index in [1.54, 1.807) is 11.1 Å². The molecule has 2 N–H and O–H groups in total. The fourth-order valence-corrected chi connectivity index (χ4v) is 2.46. The molecule has 1 nitrogen and oxygen atoms in total. The maximum Gasteiger partial charge on any atom is 0.00790 e. The van der Waals surface area contributed by atoms with E-state index in [0.29, 0.717) is 5.41 Å². The van der Waals surface area contributed by atoms with Gasteiger partial charge in [0.05, 0.1) is 0 Å². The van der Waals surface area contributed by atoms with E-state index in [-0.39, 0.29) is 0 Å². The van der Waals surface area contributed by atoms with Gasteiger partial charge in [-0.25, -0.2) is 0 Å². The molecule has 2 aliphatic carbocycles. The molecule has 3 rings (SSSR count). The van der Waals surface area contributed by atoms with Crippen LogP contribution in [0.15, 0.2) is 24.3 Å². The molecule has 1 aromatic carbocycles. The van der Waals surface area contributed by atoms with E-state index in [0.717, 1.165) is 12.5 Å². The minimum absolute atomic E-state index is 0.374. The lowest BCUT2D eigenvalue weighted by atomic mass is 9.89. The van der Waals surface area contributed by atoms with Crippen molar-refractivity contribution in [3.63, 3.8) is 0 Å². The van der Waals surface area contributed by atoms with Gasteiger partial charge in [-0.3, -0.25) is 0 Å². The predicted octanol–water partition coefficient (Wildman–Crippen LogP) is 2.55. The van der Waals surface area contributed by atoms with Gasteiger partial charge in [0.25, 0.3) is 0 Å². The lowest BCUT2D eigenvalue weighted by Crippen LogP contribution is -2.21. The van der Waals surface area contributed by atoms with Gasteiger partial charge in [0.2, 0.25) is 0 Å². The summed E-state index contributed by atoms with van der Waals surface area (Å²) in [5.74, 6) is 0.857. The van der Waals surface area contributed by atoms with E-state index in [1.165, 1.54) is 25.7 Å². The molecule has 74 valence electrons. The third-order valence-corrected chi connectivity index (χ3v) is 3.79. The van der Waals surface area contributed by atoms with Gasteiger partial charge in [-0.05, 0) is 42.7 Å². The van der Waals surface area contributed by atoms with Gasteiger partial charge < -0.3 is 5.73 Å². The molecular formula is C13H17N. The van der Waals surface area contributed by atoms with Crippen LogP contribution in [0.4, 0.5) is 0 Å². The van der Waals surface area contributed by atoms with Crippen LogP contribution < -0.4 is 5.73 Å². The zero-order valence-corrected chi connectivity index (χ0v) is 8.50. The molecule has 0 aliphatic heterocycles. The zero-order valence-electron chi connectivity index (χ0n) is 8.50. The Morgan fingerprint density at radius 2 is 1.93 bits per heavy atom. The van der Waals surface area contributed by atoms with Crippen LogP contribution in [0.25, 0.3) is 0 Å². The van der Waals surface area contributed by atoms with Crippen LogP contribution in [0.1, 0.15) is 42.7 Å². The van der Waals surface area contributed by atoms with Gasteiger partial charge >= 0.3 is 0 Å². The first-order valence-electron chi connectivity index (χ1n) is 5.65. The van der Waals surface area contributed by atoms with E-state index in [2.05, 4.69) is 24.3 Å². The van der Waals surface area contributed by atoms with Crippen molar-refractivity contribution in [3.8, 4) is 0 Å². The van der Waals surface area contributed by atoms with Crippen LogP contribution in [0, 0.1) is 0 Å². The summed E-state index contributed by atoms with van der Waals surface area (Å²) in [5.41, 5.74) is 9.42. The van der Waals surface area contributed by atoms with Crippen molar-refractivity contribution >= 4 is 0 Å². The number of nitrogens with two attached hydrogens (primary N) is 1. The Bertz CT molecular complexity index is 348. The first-order valence-corrected chi connectivity index (χ1v) is 5.65. The van der Waals surface area contributed by atoms with Crippen molar-refractivity contribution in [2.75, 3.05) is 6.54 Å². The third kappa shape index (κ3) is 1.19. The summed E-state index contributed by atoms with van der Waals surface area (Å²) in [5, 5.41) is 0. The lowest BCUT2D eigenvalue weighted by Gasteiger charge is -2.17. The van der Waals surface area contributed by atoms with Gasteiger partial charge in [-0.1, -0.05) is 24.3 Å². The molecule has 0 aromatic heterocycles. The van der Waals surface area contributed by atoms with Gasteiger partial charge in [0, 0.05) is 12.0 Å². The van der Waals surface area contributed by atoms with E-state index in [4.69, 9.17) is 5.73 Å². The minimum Gasteiger partial charge on any atom is -0.330 e. The summed E-state index contributed by atoms with van der Waals surface area (Å²) in [6.45, 7) is 0.830. The topological polar surface area (TPSA) is 26.0 Å². The van der Waals surface area contributed by atoms with E-state index in [9.17, 15) is 0 Å². The standard InChI is InChI=1S/C13H17N/c14-9-13(7-8-13)12-4-2-1-3-11(12)10-5-6-10/h1-4,10H,5-9,14H2. The molecule has 1 aromatic rings. The third-order valence-electron chi connectivity index (χ3n) is 3.79. The Balaban J connectivity index is 2.03. The smallest absolute Gasteiger partial charge is 0.00790 e. The van der Waals surface area contributed by atoms with Gasteiger partial charge in [-0.2, -0.15) is 0 Å². The number of rotatable bonds is 3. The zero-order chi connectivity index (χ0) is 9.60. The minimum atomic E-state index is 0.374. The predicted molar refractivity (Wildman–Crippen MR) is 58.4 cm³/mol. The maximum atomic E-state index is 5.89. The highest BCUT2D eigenvalue weighted by molar-refractivity contribution is 5.42. The molecule has 0 atom stereocenters. The second-order valence-corrected chi connectivity index (χ2v) is 4.85. The summed E-state index contributed by atoms with van der Waals surface area (Å²) in [6, 6.07) is 8.94. The van der Waals surface area contributed by atoms with Gasteiger partial charge in [0.1, 0.15) is 0 Å². The highest BCUT2D eigenvalue weighted by Gasteiger charge is 2.45. The first kappa shape index (κ1) is 8.49. The molecule has 0 radical (unpaired) electrons. The highest BCUT2D eigenvalue weighted by Crippen LogP contribution is 2.52. The van der Waals surface area contributed by atoms with Gasteiger partial charge in [0.15, 0.2) is 0 Å². The summed E-state index contributed by atoms with van der Waals surface area (Å²) in [4.78, 5) is 0. The summed E-state index contributed by atoms with van der Waals surface area (Å²) < 4.78 is 0. The molecule has 14 heavy (non-hydrogen) atoms. The summed E-state index contributed by atoms with van der Waals surface area (Å²) >= 11 is 0. The summed E-state index contributed by atoms with van der Waals surface area (Å²) in [6.07, 6.45) is 5.37. The normalized spacial score (nSPS) is 23.5. The van der Waals surface area contributed by atoms with Crippen LogP contribution in [0.5, 0.6) is 0 Å². The Labute approximate surface area is 85.3 Å². The van der Waals surface area contributed by atoms with Crippen molar-refractivity contribution in [3.05, 3.63) is 35.4 Å². The largest absolute Gasteiger partial charge is 0.330 e. The van der Waals surface area contributed by atoms with Gasteiger partial charge in [-0.15, -0.1) is 0 Å². The molecule has 2 aliphatic rings. The fourth-order valence-electron chi connectivity index (χ4n) is 2.46. The molecule has 1 heteroatoms. The fraction of sp³-hybridized carbons (Fsp3) is 0.538. The SMILES string of the molecule is NCC1(c2ccccc2C2CC2)CC1. The molecular weight excluding hydrogens is 170 g/mol. The van der Waals surface area contributed by atoms with Crippen molar-refractivity contribution in [1.29, 1.82) is 0 Å². The van der Waals surface area contributed by atoms with Crippen LogP contribution in [0.2, 0.25) is 0 Å². The molecule has 0 spiro atoms. The molecule has 2 saturated carbocycles. The van der Waals surface area contributed by atoms with Crippen molar-refractivity contribution < 1.29 is 0 Å². The average molecular weight is 187 g/mol. The molecule has 2 fully saturated rings. The van der Waals surface area contributed by atoms with E-state index in [1.807, 2.05) is 0 Å². The van der Waals surface area contributed by atoms with Crippen LogP contribution in [-0.4, -0.2) is 6.54 Å². The Hall–Kier alpha value is -0.820. The van der Waals surface area contributed by atoms with Crippen LogP contribution in [0.3, 0.4) is 0 Å². The van der Waals surface area contributed by atoms with Crippen LogP contribution >= 0.6 is 0 Å². The van der Waals surface area contributed by atoms with Crippen LogP contribution in [-0.2, 0) is 5.41 Å². The van der Waals surface area contributed by atoms with E-state index < -0.39 is 0 Å². The second-order valence-electron chi connectivity index (χ2n) is 4.85. The number of benzene rings is 1. The molecule has 0 amide bonds. The number of hydrogen-bond acceptors (Lipinski definition) is 1. The van der Waals surface area contributed by atoms with Crippen molar-refractivity contribution in [1.82, 2.24) is 0 Å². The monoisotopic (exact) mass is 187 g/mol.